The van der Waals surface area contributed by atoms with E-state index in [4.69, 9.17) is 21.0 Å². The van der Waals surface area contributed by atoms with Gasteiger partial charge in [-0.2, -0.15) is 21.0 Å². The second kappa shape index (κ2) is 3.63. The summed E-state index contributed by atoms with van der Waals surface area (Å²) in [5.74, 6) is -0.294. The second-order valence-corrected chi connectivity index (χ2v) is 2.07. The Bertz CT molecular complexity index is 510. The Balaban J connectivity index is 3.65. The third-order valence-electron chi connectivity index (χ3n) is 1.33. The molecule has 0 saturated heterocycles. The summed E-state index contributed by atoms with van der Waals surface area (Å²) in [5, 5.41) is 34.2. The first-order valence-corrected chi connectivity index (χ1v) is 3.29. The van der Waals surface area contributed by atoms with Gasteiger partial charge in [-0.15, -0.1) is 0 Å². The number of nitrogens with zero attached hydrogens (tertiary/aromatic N) is 6. The highest BCUT2D eigenvalue weighted by Crippen LogP contribution is 2.08. The molecule has 0 aliphatic carbocycles. The molecule has 62 valence electrons. The molecule has 1 rings (SSSR count). The molecule has 6 nitrogen and oxygen atoms in total. The molecule has 0 fully saturated rings. The fourth-order valence-electron chi connectivity index (χ4n) is 0.778. The molecule has 14 heavy (non-hydrogen) atoms. The van der Waals surface area contributed by atoms with Gasteiger partial charge in [0.15, 0.2) is 11.4 Å². The summed E-state index contributed by atoms with van der Waals surface area (Å²) < 4.78 is 0. The van der Waals surface area contributed by atoms with Crippen molar-refractivity contribution in [2.75, 3.05) is 0 Å². The number of hydrogen-bond donors (Lipinski definition) is 0. The molecule has 1 aromatic rings. The second-order valence-electron chi connectivity index (χ2n) is 2.07. The molecule has 0 saturated carbocycles. The minimum absolute atomic E-state index is 0.200. The van der Waals surface area contributed by atoms with Crippen molar-refractivity contribution in [2.45, 2.75) is 0 Å². The van der Waals surface area contributed by atoms with E-state index >= 15 is 0 Å². The predicted octanol–water partition coefficient (Wildman–Crippen LogP) is -0.0367. The SMILES string of the molecule is N#Cc1nc(C#N)c(C#N)c(C#N)n1. The minimum atomic E-state index is -0.294. The van der Waals surface area contributed by atoms with E-state index < -0.39 is 0 Å². The Morgan fingerprint density at radius 2 is 1.21 bits per heavy atom. The first kappa shape index (κ1) is 9.13. The number of aromatic nitrogens is 2. The predicted molar refractivity (Wildman–Crippen MR) is 40.9 cm³/mol. The fraction of sp³-hybridized carbons (Fsp3) is 0. The van der Waals surface area contributed by atoms with Gasteiger partial charge < -0.3 is 0 Å². The van der Waals surface area contributed by atoms with Crippen LogP contribution < -0.4 is 0 Å². The third kappa shape index (κ3) is 1.32. The third-order valence-corrected chi connectivity index (χ3v) is 1.33. The van der Waals surface area contributed by atoms with Crippen LogP contribution in [0, 0.1) is 45.3 Å². The van der Waals surface area contributed by atoms with E-state index in [-0.39, 0.29) is 22.8 Å². The zero-order chi connectivity index (χ0) is 10.6. The van der Waals surface area contributed by atoms with E-state index in [0.29, 0.717) is 0 Å². The van der Waals surface area contributed by atoms with Crippen molar-refractivity contribution in [2.24, 2.45) is 0 Å². The standard InChI is InChI=1S/C8N6/c9-1-5-6(2-10)13-8(4-12)14-7(5)3-11. The highest BCUT2D eigenvalue weighted by atomic mass is 14.9. The summed E-state index contributed by atoms with van der Waals surface area (Å²) in [6.07, 6.45) is 0. The summed E-state index contributed by atoms with van der Waals surface area (Å²) in [5.41, 5.74) is -0.708. The van der Waals surface area contributed by atoms with Crippen molar-refractivity contribution in [3.05, 3.63) is 22.8 Å². The first-order valence-electron chi connectivity index (χ1n) is 3.29. The van der Waals surface area contributed by atoms with Crippen molar-refractivity contribution in [3.63, 3.8) is 0 Å². The Kier molecular flexibility index (Phi) is 2.37. The van der Waals surface area contributed by atoms with E-state index in [2.05, 4.69) is 9.97 Å². The van der Waals surface area contributed by atoms with Crippen LogP contribution in [0.2, 0.25) is 0 Å². The van der Waals surface area contributed by atoms with Gasteiger partial charge in [-0.1, -0.05) is 0 Å². The van der Waals surface area contributed by atoms with Gasteiger partial charge >= 0.3 is 0 Å². The van der Waals surface area contributed by atoms with E-state index in [0.717, 1.165) is 0 Å². The van der Waals surface area contributed by atoms with Crippen molar-refractivity contribution in [1.29, 1.82) is 21.0 Å². The smallest absolute Gasteiger partial charge is 0.207 e. The van der Waals surface area contributed by atoms with Crippen LogP contribution in [0.25, 0.3) is 0 Å². The van der Waals surface area contributed by atoms with Crippen LogP contribution >= 0.6 is 0 Å². The highest BCUT2D eigenvalue weighted by Gasteiger charge is 2.13. The Morgan fingerprint density at radius 3 is 1.50 bits per heavy atom. The highest BCUT2D eigenvalue weighted by molar-refractivity contribution is 5.49. The topological polar surface area (TPSA) is 121 Å². The van der Waals surface area contributed by atoms with Crippen molar-refractivity contribution in [1.82, 2.24) is 9.97 Å². The largest absolute Gasteiger partial charge is 0.234 e. The maximum atomic E-state index is 8.61. The van der Waals surface area contributed by atoms with Crippen LogP contribution in [0.3, 0.4) is 0 Å². The van der Waals surface area contributed by atoms with Crippen LogP contribution in [-0.2, 0) is 0 Å². The molecule has 6 heteroatoms. The molecule has 1 aromatic heterocycles. The van der Waals surface area contributed by atoms with E-state index in [1.807, 2.05) is 0 Å². The molecule has 0 amide bonds. The lowest BCUT2D eigenvalue weighted by Crippen LogP contribution is -2.01. The van der Waals surface area contributed by atoms with Gasteiger partial charge in [0, 0.05) is 0 Å². The van der Waals surface area contributed by atoms with Crippen LogP contribution in [0.15, 0.2) is 0 Å². The van der Waals surface area contributed by atoms with Gasteiger partial charge in [0.25, 0.3) is 0 Å². The zero-order valence-corrected chi connectivity index (χ0v) is 6.68. The van der Waals surface area contributed by atoms with Crippen molar-refractivity contribution in [3.8, 4) is 24.3 Å². The monoisotopic (exact) mass is 180 g/mol. The number of rotatable bonds is 0. The van der Waals surface area contributed by atoms with Crippen LogP contribution in [-0.4, -0.2) is 9.97 Å². The summed E-state index contributed by atoms with van der Waals surface area (Å²) in [6.45, 7) is 0. The average molecular weight is 180 g/mol. The molecule has 0 radical (unpaired) electrons. The average Bonchev–Trinajstić information content (AvgIpc) is 2.26. The van der Waals surface area contributed by atoms with E-state index in [1.165, 1.54) is 0 Å². The van der Waals surface area contributed by atoms with Gasteiger partial charge in [0.1, 0.15) is 29.8 Å². The van der Waals surface area contributed by atoms with Gasteiger partial charge in [-0.3, -0.25) is 0 Å². The number of nitriles is 4. The molecule has 1 heterocycles. The Labute approximate surface area is 78.9 Å². The van der Waals surface area contributed by atoms with Crippen molar-refractivity contribution >= 4 is 0 Å². The van der Waals surface area contributed by atoms with Gasteiger partial charge in [0.2, 0.25) is 5.82 Å². The molecule has 0 bridgehead atoms. The zero-order valence-electron chi connectivity index (χ0n) is 6.68. The fourth-order valence-corrected chi connectivity index (χ4v) is 0.778. The van der Waals surface area contributed by atoms with Gasteiger partial charge in [0.05, 0.1) is 0 Å². The molecule has 0 aliphatic heterocycles. The van der Waals surface area contributed by atoms with Crippen LogP contribution in [0.4, 0.5) is 0 Å². The Hall–Kier alpha value is -2.96. The molecule has 0 atom stereocenters. The van der Waals surface area contributed by atoms with E-state index in [1.54, 1.807) is 24.3 Å². The van der Waals surface area contributed by atoms with Gasteiger partial charge in [-0.25, -0.2) is 9.97 Å². The summed E-state index contributed by atoms with van der Waals surface area (Å²) in [4.78, 5) is 6.96. The Morgan fingerprint density at radius 1 is 0.714 bits per heavy atom. The first-order chi connectivity index (χ1) is 6.76. The molecule has 0 N–H and O–H groups in total. The van der Waals surface area contributed by atoms with E-state index in [9.17, 15) is 0 Å². The normalized spacial score (nSPS) is 7.71. The van der Waals surface area contributed by atoms with Crippen molar-refractivity contribution < 1.29 is 0 Å². The molecule has 0 aliphatic rings. The number of hydrogen-bond acceptors (Lipinski definition) is 6. The summed E-state index contributed by atoms with van der Waals surface area (Å²) in [7, 11) is 0. The molecule has 0 spiro atoms. The minimum Gasteiger partial charge on any atom is -0.207 e. The molecule has 0 aromatic carbocycles. The quantitative estimate of drug-likeness (QED) is 0.552. The molecule has 0 unspecified atom stereocenters. The lowest BCUT2D eigenvalue weighted by molar-refractivity contribution is 1.06. The lowest BCUT2D eigenvalue weighted by atomic mass is 10.2. The van der Waals surface area contributed by atoms with Gasteiger partial charge in [-0.05, 0) is 0 Å². The van der Waals surface area contributed by atoms with Crippen LogP contribution in [0.5, 0.6) is 0 Å². The lowest BCUT2D eigenvalue weighted by Gasteiger charge is -1.95. The van der Waals surface area contributed by atoms with Crippen LogP contribution in [0.1, 0.15) is 22.8 Å². The summed E-state index contributed by atoms with van der Waals surface area (Å²) in [6, 6.07) is 6.47. The summed E-state index contributed by atoms with van der Waals surface area (Å²) >= 11 is 0. The maximum Gasteiger partial charge on any atom is 0.234 e. The maximum absolute atomic E-state index is 8.61. The molecular formula is C8N6. The molecular weight excluding hydrogens is 180 g/mol.